The number of hydrogen-bond acceptors (Lipinski definition) is 4. The van der Waals surface area contributed by atoms with Crippen molar-refractivity contribution in [1.29, 1.82) is 0 Å². The molecule has 3 aromatic rings. The molecule has 0 N–H and O–H groups in total. The molecule has 29 heavy (non-hydrogen) atoms. The number of nitrogens with zero attached hydrogens (tertiary/aromatic N) is 2. The first-order chi connectivity index (χ1) is 13.9. The van der Waals surface area contributed by atoms with Crippen molar-refractivity contribution >= 4 is 17.0 Å². The van der Waals surface area contributed by atoms with Gasteiger partial charge in [-0.05, 0) is 42.0 Å². The number of carbonyl (C=O) groups excluding carboxylic acids is 1. The van der Waals surface area contributed by atoms with Gasteiger partial charge in [0.25, 0.3) is 0 Å². The van der Waals surface area contributed by atoms with E-state index in [-0.39, 0.29) is 17.4 Å². The normalized spacial score (nSPS) is 17.1. The fraction of sp³-hybridized carbons (Fsp3) is 0.417. The highest BCUT2D eigenvalue weighted by molar-refractivity contribution is 5.82. The van der Waals surface area contributed by atoms with Gasteiger partial charge >= 0.3 is 0 Å². The first-order valence-electron chi connectivity index (χ1n) is 10.2. The van der Waals surface area contributed by atoms with Crippen molar-refractivity contribution in [3.63, 3.8) is 0 Å². The minimum atomic E-state index is -0.0769. The third kappa shape index (κ3) is 4.00. The van der Waals surface area contributed by atoms with E-state index in [1.54, 1.807) is 7.11 Å². The highest BCUT2D eigenvalue weighted by Crippen LogP contribution is 2.37. The van der Waals surface area contributed by atoms with Gasteiger partial charge in [0.1, 0.15) is 17.3 Å². The van der Waals surface area contributed by atoms with Gasteiger partial charge < -0.3 is 14.1 Å². The van der Waals surface area contributed by atoms with E-state index in [9.17, 15) is 4.79 Å². The molecule has 5 heteroatoms. The molecule has 0 radical (unpaired) electrons. The standard InChI is InChI=1S/C24H28N2O3/c1-24(2,3)15-22(27)26-13-7-9-19(26)23-25-18-14-16(11-12-21(18)29-23)17-8-5-6-10-20(17)28-4/h5-6,8,10-12,14,19H,7,9,13,15H2,1-4H3/t19-/m0/s1. The number of amides is 1. The van der Waals surface area contributed by atoms with Gasteiger partial charge in [-0.1, -0.05) is 45.0 Å². The third-order valence-corrected chi connectivity index (χ3v) is 5.36. The number of benzene rings is 2. The van der Waals surface area contributed by atoms with Crippen LogP contribution in [0.2, 0.25) is 0 Å². The number of carbonyl (C=O) groups is 1. The van der Waals surface area contributed by atoms with Crippen LogP contribution in [0.3, 0.4) is 0 Å². The molecule has 0 bridgehead atoms. The molecule has 0 unspecified atom stereocenters. The van der Waals surface area contributed by atoms with Crippen LogP contribution in [0.1, 0.15) is 52.0 Å². The zero-order chi connectivity index (χ0) is 20.6. The van der Waals surface area contributed by atoms with Crippen molar-refractivity contribution < 1.29 is 13.9 Å². The summed E-state index contributed by atoms with van der Waals surface area (Å²) in [6.45, 7) is 7.04. The molecule has 1 aromatic heterocycles. The van der Waals surface area contributed by atoms with Gasteiger partial charge in [-0.25, -0.2) is 4.98 Å². The predicted octanol–water partition coefficient (Wildman–Crippen LogP) is 5.60. The number of fused-ring (bicyclic) bond motifs is 1. The Bertz CT molecular complexity index is 1030. The van der Waals surface area contributed by atoms with Gasteiger partial charge in [-0.2, -0.15) is 0 Å². The second kappa shape index (κ2) is 7.54. The molecule has 1 amide bonds. The summed E-state index contributed by atoms with van der Waals surface area (Å²) in [5.74, 6) is 1.64. The zero-order valence-electron chi connectivity index (χ0n) is 17.6. The molecular formula is C24H28N2O3. The van der Waals surface area contributed by atoms with Gasteiger partial charge in [0.15, 0.2) is 5.58 Å². The van der Waals surface area contributed by atoms with Crippen LogP contribution in [-0.2, 0) is 4.79 Å². The van der Waals surface area contributed by atoms with Crippen molar-refractivity contribution in [3.8, 4) is 16.9 Å². The minimum Gasteiger partial charge on any atom is -0.496 e. The number of hydrogen-bond donors (Lipinski definition) is 0. The van der Waals surface area contributed by atoms with Crippen LogP contribution in [0.4, 0.5) is 0 Å². The third-order valence-electron chi connectivity index (χ3n) is 5.36. The van der Waals surface area contributed by atoms with Crippen molar-refractivity contribution in [3.05, 3.63) is 48.4 Å². The van der Waals surface area contributed by atoms with E-state index in [2.05, 4.69) is 20.8 Å². The summed E-state index contributed by atoms with van der Waals surface area (Å²) in [6, 6.07) is 13.8. The fourth-order valence-corrected chi connectivity index (χ4v) is 4.02. The molecule has 1 atom stereocenters. The van der Waals surface area contributed by atoms with Crippen molar-refractivity contribution in [2.45, 2.75) is 46.1 Å². The molecule has 0 aliphatic carbocycles. The highest BCUT2D eigenvalue weighted by Gasteiger charge is 2.34. The van der Waals surface area contributed by atoms with Crippen LogP contribution in [-0.4, -0.2) is 29.4 Å². The molecule has 5 nitrogen and oxygen atoms in total. The maximum absolute atomic E-state index is 12.8. The quantitative estimate of drug-likeness (QED) is 0.580. The first kappa shape index (κ1) is 19.5. The Morgan fingerprint density at radius 3 is 2.79 bits per heavy atom. The van der Waals surface area contributed by atoms with Gasteiger partial charge in [-0.15, -0.1) is 0 Å². The van der Waals surface area contributed by atoms with Crippen LogP contribution >= 0.6 is 0 Å². The van der Waals surface area contributed by atoms with Crippen molar-refractivity contribution in [1.82, 2.24) is 9.88 Å². The summed E-state index contributed by atoms with van der Waals surface area (Å²) in [6.07, 6.45) is 2.40. The number of likely N-dealkylation sites (tertiary alicyclic amines) is 1. The maximum atomic E-state index is 12.8. The Morgan fingerprint density at radius 2 is 2.03 bits per heavy atom. The topological polar surface area (TPSA) is 55.6 Å². The lowest BCUT2D eigenvalue weighted by Gasteiger charge is -2.26. The average molecular weight is 392 g/mol. The monoisotopic (exact) mass is 392 g/mol. The maximum Gasteiger partial charge on any atom is 0.223 e. The van der Waals surface area contributed by atoms with Crippen LogP contribution in [0.5, 0.6) is 5.75 Å². The van der Waals surface area contributed by atoms with E-state index < -0.39 is 0 Å². The zero-order valence-corrected chi connectivity index (χ0v) is 17.6. The van der Waals surface area contributed by atoms with Crippen LogP contribution in [0, 0.1) is 5.41 Å². The van der Waals surface area contributed by atoms with Crippen molar-refractivity contribution in [2.75, 3.05) is 13.7 Å². The molecule has 2 heterocycles. The second-order valence-corrected chi connectivity index (χ2v) is 8.92. The van der Waals surface area contributed by atoms with E-state index >= 15 is 0 Å². The average Bonchev–Trinajstić information content (AvgIpc) is 3.32. The molecule has 1 aliphatic rings. The van der Waals surface area contributed by atoms with Gasteiger partial charge in [0.2, 0.25) is 11.8 Å². The van der Waals surface area contributed by atoms with E-state index in [0.29, 0.717) is 12.3 Å². The molecular weight excluding hydrogens is 364 g/mol. The molecule has 1 aliphatic heterocycles. The smallest absolute Gasteiger partial charge is 0.223 e. The Hall–Kier alpha value is -2.82. The van der Waals surface area contributed by atoms with E-state index in [1.807, 2.05) is 47.4 Å². The van der Waals surface area contributed by atoms with Crippen LogP contribution in [0.15, 0.2) is 46.9 Å². The second-order valence-electron chi connectivity index (χ2n) is 8.92. The number of para-hydroxylation sites is 1. The Morgan fingerprint density at radius 1 is 1.24 bits per heavy atom. The largest absolute Gasteiger partial charge is 0.496 e. The van der Waals surface area contributed by atoms with E-state index in [1.165, 1.54) is 0 Å². The van der Waals surface area contributed by atoms with Crippen molar-refractivity contribution in [2.24, 2.45) is 5.41 Å². The Labute approximate surface area is 171 Å². The summed E-state index contributed by atoms with van der Waals surface area (Å²) >= 11 is 0. The summed E-state index contributed by atoms with van der Waals surface area (Å²) in [7, 11) is 1.68. The lowest BCUT2D eigenvalue weighted by Crippen LogP contribution is -2.33. The van der Waals surface area contributed by atoms with Gasteiger partial charge in [0.05, 0.1) is 7.11 Å². The highest BCUT2D eigenvalue weighted by atomic mass is 16.5. The van der Waals surface area contributed by atoms with Gasteiger partial charge in [-0.3, -0.25) is 4.79 Å². The summed E-state index contributed by atoms with van der Waals surface area (Å²) in [4.78, 5) is 19.5. The SMILES string of the molecule is COc1ccccc1-c1ccc2oc([C@@H]3CCCN3C(=O)CC(C)(C)C)nc2c1. The Balaban J connectivity index is 1.65. The predicted molar refractivity (Wildman–Crippen MR) is 114 cm³/mol. The number of methoxy groups -OCH3 is 1. The molecule has 1 fully saturated rings. The summed E-state index contributed by atoms with van der Waals surface area (Å²) in [5, 5.41) is 0. The number of ether oxygens (including phenoxy) is 1. The van der Waals surface area contributed by atoms with E-state index in [0.717, 1.165) is 47.4 Å². The van der Waals surface area contributed by atoms with E-state index in [4.69, 9.17) is 14.1 Å². The number of rotatable bonds is 4. The molecule has 1 saturated heterocycles. The molecule has 0 spiro atoms. The van der Waals surface area contributed by atoms with Gasteiger partial charge in [0, 0.05) is 18.5 Å². The lowest BCUT2D eigenvalue weighted by atomic mass is 9.91. The molecule has 152 valence electrons. The summed E-state index contributed by atoms with van der Waals surface area (Å²) in [5.41, 5.74) is 3.56. The number of oxazole rings is 1. The van der Waals surface area contributed by atoms with Crippen LogP contribution < -0.4 is 4.74 Å². The fourth-order valence-electron chi connectivity index (χ4n) is 4.02. The summed E-state index contributed by atoms with van der Waals surface area (Å²) < 4.78 is 11.6. The lowest BCUT2D eigenvalue weighted by molar-refractivity contribution is -0.134. The first-order valence-corrected chi connectivity index (χ1v) is 10.2. The number of aromatic nitrogens is 1. The molecule has 2 aromatic carbocycles. The Kier molecular flexibility index (Phi) is 5.07. The van der Waals surface area contributed by atoms with Crippen LogP contribution in [0.25, 0.3) is 22.2 Å². The molecule has 4 rings (SSSR count). The minimum absolute atomic E-state index is 0.0326. The molecule has 0 saturated carbocycles.